The molecule has 0 aliphatic carbocycles. The number of halogens is 1. The summed E-state index contributed by atoms with van der Waals surface area (Å²) in [6.45, 7) is 9.52. The van der Waals surface area contributed by atoms with Crippen molar-refractivity contribution in [3.63, 3.8) is 0 Å². The Balaban J connectivity index is 2.72. The summed E-state index contributed by atoms with van der Waals surface area (Å²) < 4.78 is 13.0. The van der Waals surface area contributed by atoms with Crippen molar-refractivity contribution < 1.29 is 9.18 Å². The van der Waals surface area contributed by atoms with Crippen LogP contribution in [0.15, 0.2) is 24.3 Å². The summed E-state index contributed by atoms with van der Waals surface area (Å²) in [5, 5.41) is 6.23. The van der Waals surface area contributed by atoms with Crippen LogP contribution in [0.3, 0.4) is 0 Å². The Kier molecular flexibility index (Phi) is 6.65. The molecule has 1 aromatic rings. The molecule has 112 valence electrons. The van der Waals surface area contributed by atoms with E-state index in [1.165, 1.54) is 12.1 Å². The molecular formula is C16H25FN2O. The van der Waals surface area contributed by atoms with Crippen LogP contribution < -0.4 is 10.6 Å². The summed E-state index contributed by atoms with van der Waals surface area (Å²) in [6, 6.07) is 6.23. The predicted octanol–water partition coefficient (Wildman–Crippen LogP) is 2.88. The molecule has 0 aliphatic heterocycles. The van der Waals surface area contributed by atoms with Gasteiger partial charge >= 0.3 is 0 Å². The molecule has 0 saturated heterocycles. The molecule has 3 nitrogen and oxygen atoms in total. The number of hydrogen-bond donors (Lipinski definition) is 2. The minimum Gasteiger partial charge on any atom is -0.349 e. The van der Waals surface area contributed by atoms with Crippen molar-refractivity contribution in [2.75, 3.05) is 13.1 Å². The van der Waals surface area contributed by atoms with Crippen LogP contribution >= 0.6 is 0 Å². The van der Waals surface area contributed by atoms with Crippen molar-refractivity contribution in [2.45, 2.75) is 33.7 Å². The fraction of sp³-hybridized carbons (Fsp3) is 0.562. The highest BCUT2D eigenvalue weighted by molar-refractivity contribution is 5.79. The van der Waals surface area contributed by atoms with Crippen molar-refractivity contribution >= 4 is 5.91 Å². The summed E-state index contributed by atoms with van der Waals surface area (Å²) >= 11 is 0. The maximum Gasteiger partial charge on any atom is 0.224 e. The molecule has 0 radical (unpaired) electrons. The zero-order chi connectivity index (χ0) is 15.1. The molecular weight excluding hydrogens is 255 g/mol. The van der Waals surface area contributed by atoms with Gasteiger partial charge in [0.25, 0.3) is 0 Å². The second-order valence-corrected chi connectivity index (χ2v) is 5.49. The molecule has 1 amide bonds. The molecule has 0 saturated carbocycles. The Morgan fingerprint density at radius 1 is 1.20 bits per heavy atom. The zero-order valence-corrected chi connectivity index (χ0v) is 12.7. The summed E-state index contributed by atoms with van der Waals surface area (Å²) in [5.41, 5.74) is 0.936. The van der Waals surface area contributed by atoms with Gasteiger partial charge in [-0.3, -0.25) is 4.79 Å². The number of nitrogens with one attached hydrogen (secondary N) is 2. The monoisotopic (exact) mass is 280 g/mol. The van der Waals surface area contributed by atoms with Gasteiger partial charge in [0, 0.05) is 12.5 Å². The van der Waals surface area contributed by atoms with E-state index in [2.05, 4.69) is 10.6 Å². The average molecular weight is 280 g/mol. The molecule has 0 bridgehead atoms. The van der Waals surface area contributed by atoms with Gasteiger partial charge in [0.2, 0.25) is 5.91 Å². The molecule has 4 heteroatoms. The largest absolute Gasteiger partial charge is 0.349 e. The summed E-state index contributed by atoms with van der Waals surface area (Å²) in [5.74, 6) is -0.0792. The van der Waals surface area contributed by atoms with Gasteiger partial charge in [0.1, 0.15) is 5.82 Å². The highest BCUT2D eigenvalue weighted by atomic mass is 19.1. The standard InChI is InChI=1S/C16H25FN2O/c1-5-18-10-12(4)16(20)19-15(11(2)3)13-6-8-14(17)9-7-13/h6-9,11-12,15,18H,5,10H2,1-4H3,(H,19,20). The predicted molar refractivity (Wildman–Crippen MR) is 79.8 cm³/mol. The maximum absolute atomic E-state index is 13.0. The van der Waals surface area contributed by atoms with Crippen molar-refractivity contribution in [3.05, 3.63) is 35.6 Å². The SMILES string of the molecule is CCNCC(C)C(=O)NC(c1ccc(F)cc1)C(C)C. The topological polar surface area (TPSA) is 41.1 Å². The maximum atomic E-state index is 13.0. The Morgan fingerprint density at radius 2 is 1.80 bits per heavy atom. The second kappa shape index (κ2) is 8.00. The molecule has 0 spiro atoms. The molecule has 2 N–H and O–H groups in total. The van der Waals surface area contributed by atoms with E-state index in [4.69, 9.17) is 0 Å². The Labute approximate surface area is 121 Å². The fourth-order valence-corrected chi connectivity index (χ4v) is 2.05. The second-order valence-electron chi connectivity index (χ2n) is 5.49. The number of hydrogen-bond acceptors (Lipinski definition) is 2. The van der Waals surface area contributed by atoms with Crippen LogP contribution in [-0.2, 0) is 4.79 Å². The van der Waals surface area contributed by atoms with E-state index in [1.807, 2.05) is 27.7 Å². The van der Waals surface area contributed by atoms with Crippen LogP contribution in [0, 0.1) is 17.7 Å². The lowest BCUT2D eigenvalue weighted by Gasteiger charge is -2.25. The molecule has 20 heavy (non-hydrogen) atoms. The van der Waals surface area contributed by atoms with E-state index in [0.717, 1.165) is 12.1 Å². The molecule has 0 heterocycles. The molecule has 0 aromatic heterocycles. The Morgan fingerprint density at radius 3 is 2.30 bits per heavy atom. The van der Waals surface area contributed by atoms with Crippen LogP contribution in [0.4, 0.5) is 4.39 Å². The first-order valence-corrected chi connectivity index (χ1v) is 7.22. The van der Waals surface area contributed by atoms with Crippen LogP contribution in [0.2, 0.25) is 0 Å². The molecule has 0 fully saturated rings. The number of carbonyl (C=O) groups excluding carboxylic acids is 1. The minimum absolute atomic E-state index is 0.0222. The lowest BCUT2D eigenvalue weighted by molar-refractivity contribution is -0.125. The van der Waals surface area contributed by atoms with Gasteiger partial charge in [0.05, 0.1) is 6.04 Å². The van der Waals surface area contributed by atoms with Crippen LogP contribution in [0.1, 0.15) is 39.3 Å². The van der Waals surface area contributed by atoms with E-state index in [-0.39, 0.29) is 29.6 Å². The highest BCUT2D eigenvalue weighted by Crippen LogP contribution is 2.22. The van der Waals surface area contributed by atoms with E-state index in [0.29, 0.717) is 6.54 Å². The first-order valence-electron chi connectivity index (χ1n) is 7.22. The van der Waals surface area contributed by atoms with Gasteiger partial charge in [-0.15, -0.1) is 0 Å². The van der Waals surface area contributed by atoms with Crippen LogP contribution in [0.25, 0.3) is 0 Å². The van der Waals surface area contributed by atoms with Gasteiger partial charge in [-0.1, -0.05) is 39.8 Å². The van der Waals surface area contributed by atoms with Crippen molar-refractivity contribution in [2.24, 2.45) is 11.8 Å². The minimum atomic E-state index is -0.261. The quantitative estimate of drug-likeness (QED) is 0.806. The number of rotatable bonds is 7. The number of amides is 1. The van der Waals surface area contributed by atoms with Gasteiger partial charge in [-0.2, -0.15) is 0 Å². The van der Waals surface area contributed by atoms with Gasteiger partial charge in [0.15, 0.2) is 0 Å². The smallest absolute Gasteiger partial charge is 0.224 e. The molecule has 0 aliphatic rings. The van der Waals surface area contributed by atoms with E-state index in [9.17, 15) is 9.18 Å². The van der Waals surface area contributed by atoms with Crippen LogP contribution in [-0.4, -0.2) is 19.0 Å². The highest BCUT2D eigenvalue weighted by Gasteiger charge is 2.21. The van der Waals surface area contributed by atoms with E-state index < -0.39 is 0 Å². The normalized spacial score (nSPS) is 14.1. The lowest BCUT2D eigenvalue weighted by Crippen LogP contribution is -2.39. The third-order valence-corrected chi connectivity index (χ3v) is 3.34. The lowest BCUT2D eigenvalue weighted by atomic mass is 9.95. The zero-order valence-electron chi connectivity index (χ0n) is 12.7. The number of benzene rings is 1. The summed E-state index contributed by atoms with van der Waals surface area (Å²) in [6.07, 6.45) is 0. The van der Waals surface area contributed by atoms with Crippen molar-refractivity contribution in [3.8, 4) is 0 Å². The van der Waals surface area contributed by atoms with Crippen molar-refractivity contribution in [1.29, 1.82) is 0 Å². The molecule has 1 rings (SSSR count). The third-order valence-electron chi connectivity index (χ3n) is 3.34. The van der Waals surface area contributed by atoms with E-state index >= 15 is 0 Å². The molecule has 2 unspecified atom stereocenters. The third kappa shape index (κ3) is 4.93. The van der Waals surface area contributed by atoms with Gasteiger partial charge < -0.3 is 10.6 Å². The molecule has 1 aromatic carbocycles. The van der Waals surface area contributed by atoms with Crippen LogP contribution in [0.5, 0.6) is 0 Å². The molecule has 2 atom stereocenters. The fourth-order valence-electron chi connectivity index (χ4n) is 2.05. The Hall–Kier alpha value is -1.42. The summed E-state index contributed by atoms with van der Waals surface area (Å²) in [4.78, 5) is 12.2. The van der Waals surface area contributed by atoms with Crippen molar-refractivity contribution in [1.82, 2.24) is 10.6 Å². The first kappa shape index (κ1) is 16.6. The first-order chi connectivity index (χ1) is 9.45. The average Bonchev–Trinajstić information content (AvgIpc) is 2.42. The van der Waals surface area contributed by atoms with Gasteiger partial charge in [-0.25, -0.2) is 4.39 Å². The number of carbonyl (C=O) groups is 1. The van der Waals surface area contributed by atoms with E-state index in [1.54, 1.807) is 12.1 Å². The van der Waals surface area contributed by atoms with Gasteiger partial charge in [-0.05, 0) is 30.2 Å². The Bertz CT molecular complexity index is 417. The summed E-state index contributed by atoms with van der Waals surface area (Å²) in [7, 11) is 0.